The van der Waals surface area contributed by atoms with Crippen LogP contribution in [0.5, 0.6) is 0 Å². The van der Waals surface area contributed by atoms with Crippen LogP contribution in [0.4, 0.5) is 4.39 Å². The van der Waals surface area contributed by atoms with E-state index >= 15 is 0 Å². The Labute approximate surface area is 136 Å². The molecule has 6 heteroatoms. The number of hydrogen-bond donors (Lipinski definition) is 1. The maximum Gasteiger partial charge on any atom is 0.339 e. The first-order valence-corrected chi connectivity index (χ1v) is 7.37. The van der Waals surface area contributed by atoms with Gasteiger partial charge in [-0.3, -0.25) is 0 Å². The Balaban J connectivity index is 2.37. The summed E-state index contributed by atoms with van der Waals surface area (Å²) in [5, 5.41) is 9.53. The number of halogens is 2. The number of nitrogens with zero attached hydrogens (tertiary/aromatic N) is 2. The molecule has 3 aromatic rings. The minimum absolute atomic E-state index is 0.0112. The van der Waals surface area contributed by atoms with Crippen molar-refractivity contribution in [3.05, 3.63) is 58.5 Å². The van der Waals surface area contributed by atoms with Crippen LogP contribution in [0.2, 0.25) is 5.02 Å². The summed E-state index contributed by atoms with van der Waals surface area (Å²) in [5.41, 5.74) is 1.90. The Hall–Kier alpha value is -2.53. The van der Waals surface area contributed by atoms with Crippen LogP contribution in [0.25, 0.3) is 22.3 Å². The van der Waals surface area contributed by atoms with Gasteiger partial charge in [-0.15, -0.1) is 0 Å². The minimum Gasteiger partial charge on any atom is -0.478 e. The van der Waals surface area contributed by atoms with Crippen LogP contribution in [-0.4, -0.2) is 21.0 Å². The van der Waals surface area contributed by atoms with E-state index < -0.39 is 11.8 Å². The second-order valence-electron chi connectivity index (χ2n) is 4.99. The molecule has 116 valence electrons. The highest BCUT2D eigenvalue weighted by molar-refractivity contribution is 6.38. The molecule has 23 heavy (non-hydrogen) atoms. The number of carboxylic acid groups (broad SMARTS) is 1. The van der Waals surface area contributed by atoms with Crippen molar-refractivity contribution in [3.8, 4) is 11.3 Å². The standard InChI is InChI=1S/C17H12ClFN2O2/c1-2-11-6-7-12-16(20-11)14(18)13(17(22)23)15(21-12)9-4-3-5-10(19)8-9/h3-8H,2H2,1H3,(H,22,23). The predicted molar refractivity (Wildman–Crippen MR) is 86.3 cm³/mol. The van der Waals surface area contributed by atoms with Gasteiger partial charge in [-0.05, 0) is 30.7 Å². The van der Waals surface area contributed by atoms with E-state index in [2.05, 4.69) is 9.97 Å². The van der Waals surface area contributed by atoms with Gasteiger partial charge in [-0.1, -0.05) is 30.7 Å². The fourth-order valence-electron chi connectivity index (χ4n) is 2.38. The second-order valence-corrected chi connectivity index (χ2v) is 5.37. The molecular weight excluding hydrogens is 319 g/mol. The number of benzene rings is 1. The van der Waals surface area contributed by atoms with Gasteiger partial charge < -0.3 is 5.11 Å². The molecule has 4 nitrogen and oxygen atoms in total. The Bertz CT molecular complexity index is 928. The van der Waals surface area contributed by atoms with Gasteiger partial charge in [-0.25, -0.2) is 19.2 Å². The Morgan fingerprint density at radius 2 is 2.04 bits per heavy atom. The molecule has 3 rings (SSSR count). The van der Waals surface area contributed by atoms with Crippen LogP contribution in [0.3, 0.4) is 0 Å². The van der Waals surface area contributed by atoms with Crippen molar-refractivity contribution in [1.29, 1.82) is 0 Å². The number of aromatic nitrogens is 2. The summed E-state index contributed by atoms with van der Waals surface area (Å²) >= 11 is 6.28. The van der Waals surface area contributed by atoms with Gasteiger partial charge in [0.2, 0.25) is 0 Å². The molecule has 1 N–H and O–H groups in total. The van der Waals surface area contributed by atoms with Crippen LogP contribution in [-0.2, 0) is 6.42 Å². The number of aromatic carboxylic acids is 1. The minimum atomic E-state index is -1.23. The van der Waals surface area contributed by atoms with Crippen molar-refractivity contribution >= 4 is 28.6 Å². The summed E-state index contributed by atoms with van der Waals surface area (Å²) in [6.45, 7) is 1.94. The number of hydrogen-bond acceptors (Lipinski definition) is 3. The third-order valence-electron chi connectivity index (χ3n) is 3.50. The average molecular weight is 331 g/mol. The van der Waals surface area contributed by atoms with Gasteiger partial charge in [0.15, 0.2) is 0 Å². The van der Waals surface area contributed by atoms with Gasteiger partial charge in [0.1, 0.15) is 16.9 Å². The first kappa shape index (κ1) is 15.4. The van der Waals surface area contributed by atoms with Crippen LogP contribution in [0.1, 0.15) is 23.0 Å². The Morgan fingerprint density at radius 3 is 2.70 bits per heavy atom. The highest BCUT2D eigenvalue weighted by atomic mass is 35.5. The topological polar surface area (TPSA) is 63.1 Å². The van der Waals surface area contributed by atoms with E-state index in [1.54, 1.807) is 12.1 Å². The molecule has 0 aliphatic rings. The van der Waals surface area contributed by atoms with Crippen molar-refractivity contribution in [2.24, 2.45) is 0 Å². The Morgan fingerprint density at radius 1 is 1.26 bits per heavy atom. The number of rotatable bonds is 3. The summed E-state index contributed by atoms with van der Waals surface area (Å²) < 4.78 is 13.5. The zero-order valence-electron chi connectivity index (χ0n) is 12.2. The lowest BCUT2D eigenvalue weighted by atomic mass is 10.0. The molecule has 2 heterocycles. The molecule has 1 aromatic carbocycles. The number of aryl methyl sites for hydroxylation is 1. The first-order valence-electron chi connectivity index (χ1n) is 6.99. The second kappa shape index (κ2) is 5.93. The quantitative estimate of drug-likeness (QED) is 0.775. The Kier molecular flexibility index (Phi) is 3.96. The van der Waals surface area contributed by atoms with Crippen molar-refractivity contribution in [1.82, 2.24) is 9.97 Å². The maximum absolute atomic E-state index is 13.5. The van der Waals surface area contributed by atoms with Crippen LogP contribution in [0, 0.1) is 5.82 Å². The molecular formula is C17H12ClFN2O2. The summed E-state index contributed by atoms with van der Waals surface area (Å²) in [4.78, 5) is 20.4. The van der Waals surface area contributed by atoms with E-state index in [0.29, 0.717) is 23.0 Å². The lowest BCUT2D eigenvalue weighted by Gasteiger charge is -2.11. The molecule has 0 unspecified atom stereocenters. The third kappa shape index (κ3) is 2.75. The van der Waals surface area contributed by atoms with E-state index in [1.165, 1.54) is 18.2 Å². The molecule has 0 radical (unpaired) electrons. The van der Waals surface area contributed by atoms with Gasteiger partial charge in [0.05, 0.1) is 16.2 Å². The lowest BCUT2D eigenvalue weighted by molar-refractivity contribution is 0.0697. The fraction of sp³-hybridized carbons (Fsp3) is 0.118. The molecule has 0 bridgehead atoms. The average Bonchev–Trinajstić information content (AvgIpc) is 2.54. The van der Waals surface area contributed by atoms with E-state index in [4.69, 9.17) is 11.6 Å². The van der Waals surface area contributed by atoms with Gasteiger partial charge in [0, 0.05) is 11.3 Å². The highest BCUT2D eigenvalue weighted by Gasteiger charge is 2.22. The number of fused-ring (bicyclic) bond motifs is 1. The van der Waals surface area contributed by atoms with Crippen molar-refractivity contribution in [2.45, 2.75) is 13.3 Å². The summed E-state index contributed by atoms with van der Waals surface area (Å²) in [6.07, 6.45) is 0.695. The molecule has 0 aliphatic carbocycles. The van der Waals surface area contributed by atoms with Crippen LogP contribution < -0.4 is 0 Å². The van der Waals surface area contributed by atoms with Crippen molar-refractivity contribution in [2.75, 3.05) is 0 Å². The highest BCUT2D eigenvalue weighted by Crippen LogP contribution is 2.33. The normalized spacial score (nSPS) is 10.9. The zero-order chi connectivity index (χ0) is 16.6. The molecule has 0 aliphatic heterocycles. The van der Waals surface area contributed by atoms with E-state index in [1.807, 2.05) is 13.0 Å². The van der Waals surface area contributed by atoms with Crippen molar-refractivity contribution in [3.63, 3.8) is 0 Å². The van der Waals surface area contributed by atoms with Crippen molar-refractivity contribution < 1.29 is 14.3 Å². The van der Waals surface area contributed by atoms with Crippen LogP contribution in [0.15, 0.2) is 36.4 Å². The zero-order valence-corrected chi connectivity index (χ0v) is 12.9. The molecule has 0 fully saturated rings. The molecule has 0 spiro atoms. The molecule has 0 saturated heterocycles. The number of carboxylic acids is 1. The molecule has 2 aromatic heterocycles. The molecule has 0 atom stereocenters. The third-order valence-corrected chi connectivity index (χ3v) is 3.87. The predicted octanol–water partition coefficient (Wildman–Crippen LogP) is 4.35. The first-order chi connectivity index (χ1) is 11.0. The smallest absolute Gasteiger partial charge is 0.339 e. The van der Waals surface area contributed by atoms with E-state index in [0.717, 1.165) is 5.69 Å². The SMILES string of the molecule is CCc1ccc2nc(-c3cccc(F)c3)c(C(=O)O)c(Cl)c2n1. The summed E-state index contributed by atoms with van der Waals surface area (Å²) in [5.74, 6) is -1.70. The largest absolute Gasteiger partial charge is 0.478 e. The fourth-order valence-corrected chi connectivity index (χ4v) is 2.69. The van der Waals surface area contributed by atoms with E-state index in [-0.39, 0.29) is 16.3 Å². The summed E-state index contributed by atoms with van der Waals surface area (Å²) in [7, 11) is 0. The lowest BCUT2D eigenvalue weighted by Crippen LogP contribution is -2.05. The molecule has 0 saturated carbocycles. The maximum atomic E-state index is 13.5. The van der Waals surface area contributed by atoms with Crippen LogP contribution >= 0.6 is 11.6 Å². The van der Waals surface area contributed by atoms with E-state index in [9.17, 15) is 14.3 Å². The van der Waals surface area contributed by atoms with Gasteiger partial charge in [0.25, 0.3) is 0 Å². The number of pyridine rings is 2. The molecule has 0 amide bonds. The monoisotopic (exact) mass is 330 g/mol. The number of carbonyl (C=O) groups is 1. The van der Waals surface area contributed by atoms with Gasteiger partial charge in [-0.2, -0.15) is 0 Å². The van der Waals surface area contributed by atoms with Gasteiger partial charge >= 0.3 is 5.97 Å². The summed E-state index contributed by atoms with van der Waals surface area (Å²) in [6, 6.07) is 9.14.